The molecule has 4 rings (SSSR count). The zero-order chi connectivity index (χ0) is 16.6. The molecule has 0 aromatic rings. The van der Waals surface area contributed by atoms with Crippen LogP contribution in [0.2, 0.25) is 0 Å². The molecule has 4 nitrogen and oxygen atoms in total. The van der Waals surface area contributed by atoms with Gasteiger partial charge < -0.3 is 10.2 Å². The van der Waals surface area contributed by atoms with E-state index in [1.165, 1.54) is 32.1 Å². The number of likely N-dealkylation sites (tertiary alicyclic amines) is 1. The SMILES string of the molecule is O=C1CCC2(C(=O)NC3CCCCC3)CCC=C2N1C1CCCC1. The van der Waals surface area contributed by atoms with Crippen molar-refractivity contribution in [1.82, 2.24) is 10.2 Å². The van der Waals surface area contributed by atoms with E-state index < -0.39 is 5.41 Å². The van der Waals surface area contributed by atoms with Gasteiger partial charge in [-0.15, -0.1) is 0 Å². The minimum Gasteiger partial charge on any atom is -0.353 e. The standard InChI is InChI=1S/C20H30N2O2/c23-18-12-14-20(19(24)21-15-7-2-1-3-8-15)13-6-11-17(20)22(18)16-9-4-5-10-16/h11,15-16H,1-10,12-14H2,(H,21,24). The van der Waals surface area contributed by atoms with Gasteiger partial charge in [0.2, 0.25) is 11.8 Å². The highest BCUT2D eigenvalue weighted by Gasteiger charge is 2.52. The maximum atomic E-state index is 13.2. The number of piperidine rings is 1. The molecular weight excluding hydrogens is 300 g/mol. The first-order valence-electron chi connectivity index (χ1n) is 10.0. The Morgan fingerprint density at radius 2 is 1.75 bits per heavy atom. The summed E-state index contributed by atoms with van der Waals surface area (Å²) in [5.41, 5.74) is 0.632. The van der Waals surface area contributed by atoms with Crippen molar-refractivity contribution in [3.05, 3.63) is 11.8 Å². The van der Waals surface area contributed by atoms with Crippen molar-refractivity contribution >= 4 is 11.8 Å². The van der Waals surface area contributed by atoms with Crippen LogP contribution in [0.5, 0.6) is 0 Å². The molecule has 3 aliphatic carbocycles. The van der Waals surface area contributed by atoms with Crippen LogP contribution in [0.4, 0.5) is 0 Å². The third-order valence-corrected chi connectivity index (χ3v) is 6.76. The molecule has 3 fully saturated rings. The number of rotatable bonds is 3. The lowest BCUT2D eigenvalue weighted by Gasteiger charge is -2.44. The Morgan fingerprint density at radius 1 is 1.04 bits per heavy atom. The lowest BCUT2D eigenvalue weighted by atomic mass is 9.75. The highest BCUT2D eigenvalue weighted by atomic mass is 16.2. The second-order valence-corrected chi connectivity index (χ2v) is 8.22. The predicted molar refractivity (Wildman–Crippen MR) is 93.1 cm³/mol. The van der Waals surface area contributed by atoms with E-state index in [2.05, 4.69) is 11.4 Å². The average molecular weight is 330 g/mol. The van der Waals surface area contributed by atoms with Crippen molar-refractivity contribution in [1.29, 1.82) is 0 Å². The van der Waals surface area contributed by atoms with Gasteiger partial charge in [-0.2, -0.15) is 0 Å². The predicted octanol–water partition coefficient (Wildman–Crippen LogP) is 3.66. The van der Waals surface area contributed by atoms with E-state index in [1.807, 2.05) is 4.90 Å². The summed E-state index contributed by atoms with van der Waals surface area (Å²) >= 11 is 0. The van der Waals surface area contributed by atoms with Crippen LogP contribution in [-0.4, -0.2) is 28.8 Å². The largest absolute Gasteiger partial charge is 0.353 e. The molecule has 4 aliphatic rings. The van der Waals surface area contributed by atoms with Crippen LogP contribution in [-0.2, 0) is 9.59 Å². The van der Waals surface area contributed by atoms with Crippen molar-refractivity contribution in [2.45, 2.75) is 95.6 Å². The second-order valence-electron chi connectivity index (χ2n) is 8.22. The fraction of sp³-hybridized carbons (Fsp3) is 0.800. The topological polar surface area (TPSA) is 49.4 Å². The third kappa shape index (κ3) is 2.68. The number of hydrogen-bond acceptors (Lipinski definition) is 2. The monoisotopic (exact) mass is 330 g/mol. The number of carbonyl (C=O) groups excluding carboxylic acids is 2. The molecule has 4 heteroatoms. The number of hydrogen-bond donors (Lipinski definition) is 1. The van der Waals surface area contributed by atoms with Crippen molar-refractivity contribution in [3.8, 4) is 0 Å². The summed E-state index contributed by atoms with van der Waals surface area (Å²) < 4.78 is 0. The smallest absolute Gasteiger partial charge is 0.232 e. The number of nitrogens with one attached hydrogen (secondary N) is 1. The maximum Gasteiger partial charge on any atom is 0.232 e. The van der Waals surface area contributed by atoms with Gasteiger partial charge in [-0.25, -0.2) is 0 Å². The van der Waals surface area contributed by atoms with Crippen molar-refractivity contribution in [2.75, 3.05) is 0 Å². The van der Waals surface area contributed by atoms with Crippen LogP contribution in [0.25, 0.3) is 0 Å². The van der Waals surface area contributed by atoms with E-state index in [0.29, 0.717) is 24.9 Å². The van der Waals surface area contributed by atoms with Gasteiger partial charge in [-0.05, 0) is 44.9 Å². The third-order valence-electron chi connectivity index (χ3n) is 6.76. The van der Waals surface area contributed by atoms with Gasteiger partial charge in [-0.3, -0.25) is 9.59 Å². The van der Waals surface area contributed by atoms with Gasteiger partial charge in [0.05, 0.1) is 5.41 Å². The Hall–Kier alpha value is -1.32. The summed E-state index contributed by atoms with van der Waals surface area (Å²) in [5, 5.41) is 3.36. The van der Waals surface area contributed by atoms with Crippen LogP contribution in [0, 0.1) is 5.41 Å². The molecule has 0 bridgehead atoms. The van der Waals surface area contributed by atoms with Crippen molar-refractivity contribution in [3.63, 3.8) is 0 Å². The summed E-state index contributed by atoms with van der Waals surface area (Å²) in [7, 11) is 0. The number of amides is 2. The summed E-state index contributed by atoms with van der Waals surface area (Å²) in [4.78, 5) is 27.9. The summed E-state index contributed by atoms with van der Waals surface area (Å²) in [6.07, 6.45) is 15.9. The first-order chi connectivity index (χ1) is 11.7. The molecule has 0 aromatic carbocycles. The first kappa shape index (κ1) is 16.2. The molecule has 1 unspecified atom stereocenters. The quantitative estimate of drug-likeness (QED) is 0.858. The zero-order valence-corrected chi connectivity index (χ0v) is 14.7. The molecule has 0 radical (unpaired) electrons. The Balaban J connectivity index is 1.55. The zero-order valence-electron chi connectivity index (χ0n) is 14.7. The van der Waals surface area contributed by atoms with Gasteiger partial charge in [0.1, 0.15) is 0 Å². The van der Waals surface area contributed by atoms with Crippen LogP contribution >= 0.6 is 0 Å². The normalized spacial score (nSPS) is 31.9. The second kappa shape index (κ2) is 6.53. The molecule has 24 heavy (non-hydrogen) atoms. The molecule has 1 atom stereocenters. The molecule has 0 spiro atoms. The lowest BCUT2D eigenvalue weighted by Crippen LogP contribution is -2.54. The Bertz CT molecular complexity index is 544. The minimum atomic E-state index is -0.423. The van der Waals surface area contributed by atoms with E-state index in [9.17, 15) is 9.59 Å². The van der Waals surface area contributed by atoms with Gasteiger partial charge >= 0.3 is 0 Å². The summed E-state index contributed by atoms with van der Waals surface area (Å²) in [5.74, 6) is 0.449. The first-order valence-corrected chi connectivity index (χ1v) is 10.0. The molecule has 1 aliphatic heterocycles. The van der Waals surface area contributed by atoms with E-state index in [-0.39, 0.29) is 11.8 Å². The van der Waals surface area contributed by atoms with Gasteiger partial charge in [0.15, 0.2) is 0 Å². The molecule has 2 saturated carbocycles. The Kier molecular flexibility index (Phi) is 4.40. The highest BCUT2D eigenvalue weighted by molar-refractivity contribution is 5.91. The number of nitrogens with zero attached hydrogens (tertiary/aromatic N) is 1. The Morgan fingerprint density at radius 3 is 2.50 bits per heavy atom. The van der Waals surface area contributed by atoms with Gasteiger partial charge in [-0.1, -0.05) is 38.2 Å². The van der Waals surface area contributed by atoms with Crippen molar-refractivity contribution in [2.24, 2.45) is 5.41 Å². The van der Waals surface area contributed by atoms with Crippen LogP contribution in [0.3, 0.4) is 0 Å². The van der Waals surface area contributed by atoms with Gasteiger partial charge in [0.25, 0.3) is 0 Å². The molecule has 2 amide bonds. The highest BCUT2D eigenvalue weighted by Crippen LogP contribution is 2.50. The minimum absolute atomic E-state index is 0.202. The summed E-state index contributed by atoms with van der Waals surface area (Å²) in [6.45, 7) is 0. The van der Waals surface area contributed by atoms with Crippen LogP contribution in [0.1, 0.15) is 83.5 Å². The summed E-state index contributed by atoms with van der Waals surface area (Å²) in [6, 6.07) is 0.684. The molecule has 1 saturated heterocycles. The lowest BCUT2D eigenvalue weighted by molar-refractivity contribution is -0.141. The average Bonchev–Trinajstić information content (AvgIpc) is 3.26. The number of carbonyl (C=O) groups is 2. The fourth-order valence-electron chi connectivity index (χ4n) is 5.41. The van der Waals surface area contributed by atoms with Crippen LogP contribution < -0.4 is 5.32 Å². The van der Waals surface area contributed by atoms with E-state index in [1.54, 1.807) is 0 Å². The van der Waals surface area contributed by atoms with Crippen molar-refractivity contribution < 1.29 is 9.59 Å². The van der Waals surface area contributed by atoms with E-state index in [0.717, 1.165) is 44.2 Å². The fourth-order valence-corrected chi connectivity index (χ4v) is 5.41. The number of fused-ring (bicyclic) bond motifs is 1. The molecular formula is C20H30N2O2. The van der Waals surface area contributed by atoms with E-state index in [4.69, 9.17) is 0 Å². The van der Waals surface area contributed by atoms with Crippen LogP contribution in [0.15, 0.2) is 11.8 Å². The molecule has 0 aromatic heterocycles. The molecule has 132 valence electrons. The van der Waals surface area contributed by atoms with E-state index >= 15 is 0 Å². The molecule has 1 heterocycles. The molecule has 1 N–H and O–H groups in total. The number of allylic oxidation sites excluding steroid dienone is 1. The van der Waals surface area contributed by atoms with Gasteiger partial charge in [0, 0.05) is 24.2 Å². The Labute approximate surface area is 145 Å². The maximum absolute atomic E-state index is 13.2.